The van der Waals surface area contributed by atoms with Crippen molar-refractivity contribution in [2.24, 2.45) is 5.41 Å². The largest absolute Gasteiger partial charge is 0.481 e. The quantitative estimate of drug-likeness (QED) is 0.264. The van der Waals surface area contributed by atoms with Crippen LogP contribution in [-0.4, -0.2) is 56.4 Å². The summed E-state index contributed by atoms with van der Waals surface area (Å²) >= 11 is 0. The first kappa shape index (κ1) is 25.8. The van der Waals surface area contributed by atoms with Gasteiger partial charge in [-0.05, 0) is 12.8 Å². The van der Waals surface area contributed by atoms with Gasteiger partial charge in [0.25, 0.3) is 0 Å². The first-order valence-electron chi connectivity index (χ1n) is 10.00. The fourth-order valence-electron chi connectivity index (χ4n) is 4.21. The Balaban J connectivity index is 3.49. The van der Waals surface area contributed by atoms with Gasteiger partial charge in [-0.15, -0.1) is 0 Å². The molecule has 8 N–H and O–H groups in total. The Labute approximate surface area is 174 Å². The summed E-state index contributed by atoms with van der Waals surface area (Å²) in [6, 6.07) is 0. The van der Waals surface area contributed by atoms with Crippen molar-refractivity contribution in [3.8, 4) is 0 Å². The van der Waals surface area contributed by atoms with E-state index in [-0.39, 0.29) is 6.42 Å². The molecular weight excluding hydrogens is 400 g/mol. The number of hydrogen-bond acceptors (Lipinski definition) is 8. The van der Waals surface area contributed by atoms with Gasteiger partial charge in [-0.1, -0.05) is 32.1 Å². The monoisotopic (exact) mass is 432 g/mol. The van der Waals surface area contributed by atoms with Gasteiger partial charge in [0, 0.05) is 12.0 Å². The van der Waals surface area contributed by atoms with E-state index in [1.54, 1.807) is 0 Å². The molecular formula is C18H32N4O8. The Bertz CT molecular complexity index is 529. The fourth-order valence-corrected chi connectivity index (χ4v) is 4.21. The first-order valence-corrected chi connectivity index (χ1v) is 10.00. The highest BCUT2D eigenvalue weighted by molar-refractivity contribution is 5.77. The van der Waals surface area contributed by atoms with Crippen LogP contribution in [0.3, 0.4) is 0 Å². The van der Waals surface area contributed by atoms with E-state index in [4.69, 9.17) is 0 Å². The highest BCUT2D eigenvalue weighted by atomic mass is 16.4. The Hall–Kier alpha value is -2.28. The van der Waals surface area contributed by atoms with Crippen LogP contribution in [0.2, 0.25) is 0 Å². The van der Waals surface area contributed by atoms with E-state index in [2.05, 4.69) is 21.9 Å². The highest BCUT2D eigenvalue weighted by Gasteiger charge is 2.55. The summed E-state index contributed by atoms with van der Waals surface area (Å²) < 4.78 is 0. The minimum atomic E-state index is -1.89. The van der Waals surface area contributed by atoms with E-state index in [0.29, 0.717) is 19.4 Å². The van der Waals surface area contributed by atoms with E-state index in [1.807, 2.05) is 0 Å². The summed E-state index contributed by atoms with van der Waals surface area (Å²) in [5.74, 6) is -5.41. The number of hydrazine groups is 3. The lowest BCUT2D eigenvalue weighted by atomic mass is 9.60. The maximum Gasteiger partial charge on any atom is 0.305 e. The topological polar surface area (TPSA) is 197 Å². The summed E-state index contributed by atoms with van der Waals surface area (Å²) in [5, 5.41) is 38.1. The van der Waals surface area contributed by atoms with Gasteiger partial charge >= 0.3 is 23.9 Å². The predicted octanol–water partition coefficient (Wildman–Crippen LogP) is 0.458. The molecule has 0 aromatic carbocycles. The molecule has 0 aromatic heterocycles. The molecule has 30 heavy (non-hydrogen) atoms. The third kappa shape index (κ3) is 8.22. The Morgan fingerprint density at radius 1 is 0.633 bits per heavy atom. The molecule has 1 aliphatic rings. The molecule has 0 radical (unpaired) electrons. The number of aliphatic carboxylic acids is 4. The standard InChI is InChI=1S/C18H32N4O8/c23-13(24)9-17(10-14(25)26)7-5-3-1-2-4-6-8-19-21-22-20-18(17,11-15(27)28)12-16(29)30/h19-22H,1-12H2,(H,23,24)(H,25,26)(H,27,28)(H,29,30). The normalized spacial score (nSPS) is 20.5. The lowest BCUT2D eigenvalue weighted by molar-refractivity contribution is -0.158. The van der Waals surface area contributed by atoms with Crippen LogP contribution in [0.1, 0.15) is 70.6 Å². The van der Waals surface area contributed by atoms with Gasteiger partial charge in [0.05, 0.1) is 31.2 Å². The van der Waals surface area contributed by atoms with Crippen LogP contribution in [0.15, 0.2) is 0 Å². The van der Waals surface area contributed by atoms with Gasteiger partial charge in [0.1, 0.15) is 0 Å². The molecule has 0 bridgehead atoms. The van der Waals surface area contributed by atoms with E-state index in [0.717, 1.165) is 25.7 Å². The number of carbonyl (C=O) groups is 4. The molecule has 0 aliphatic carbocycles. The third-order valence-corrected chi connectivity index (χ3v) is 5.56. The van der Waals surface area contributed by atoms with E-state index in [1.165, 1.54) is 0 Å². The van der Waals surface area contributed by atoms with Crippen molar-refractivity contribution in [3.63, 3.8) is 0 Å². The van der Waals surface area contributed by atoms with E-state index >= 15 is 0 Å². The molecule has 0 atom stereocenters. The van der Waals surface area contributed by atoms with Crippen LogP contribution >= 0.6 is 0 Å². The van der Waals surface area contributed by atoms with Crippen LogP contribution in [-0.2, 0) is 19.2 Å². The van der Waals surface area contributed by atoms with Crippen LogP contribution in [0, 0.1) is 5.41 Å². The van der Waals surface area contributed by atoms with Crippen molar-refractivity contribution in [3.05, 3.63) is 0 Å². The lowest BCUT2D eigenvalue weighted by Gasteiger charge is -2.49. The molecule has 1 fully saturated rings. The van der Waals surface area contributed by atoms with Crippen molar-refractivity contribution >= 4 is 23.9 Å². The summed E-state index contributed by atoms with van der Waals surface area (Å²) in [7, 11) is 0. The maximum atomic E-state index is 11.7. The average molecular weight is 432 g/mol. The SMILES string of the molecule is O=C(O)CC1(CC(=O)O)CCCCCCCCNNNNC1(CC(=O)O)CC(=O)O. The Morgan fingerprint density at radius 2 is 1.10 bits per heavy atom. The van der Waals surface area contributed by atoms with Gasteiger partial charge in [-0.25, -0.2) is 10.9 Å². The minimum Gasteiger partial charge on any atom is -0.481 e. The second kappa shape index (κ2) is 12.4. The number of nitrogens with one attached hydrogen (secondary N) is 4. The summed E-state index contributed by atoms with van der Waals surface area (Å²) in [6.07, 6.45) is 1.95. The number of hydrogen-bond donors (Lipinski definition) is 8. The van der Waals surface area contributed by atoms with Crippen LogP contribution < -0.4 is 21.9 Å². The second-order valence-corrected chi connectivity index (χ2v) is 7.82. The number of carboxylic acids is 4. The number of rotatable bonds is 8. The van der Waals surface area contributed by atoms with Crippen molar-refractivity contribution in [2.75, 3.05) is 6.54 Å². The lowest BCUT2D eigenvalue weighted by Crippen LogP contribution is -2.68. The second-order valence-electron chi connectivity index (χ2n) is 7.82. The zero-order valence-corrected chi connectivity index (χ0v) is 16.9. The minimum absolute atomic E-state index is 0.0499. The van der Waals surface area contributed by atoms with E-state index < -0.39 is 60.5 Å². The van der Waals surface area contributed by atoms with Gasteiger partial charge in [-0.3, -0.25) is 19.2 Å². The van der Waals surface area contributed by atoms with Crippen molar-refractivity contribution < 1.29 is 39.6 Å². The average Bonchev–Trinajstić information content (AvgIpc) is 2.59. The third-order valence-electron chi connectivity index (χ3n) is 5.56. The molecule has 12 nitrogen and oxygen atoms in total. The van der Waals surface area contributed by atoms with Gasteiger partial charge < -0.3 is 20.4 Å². The highest BCUT2D eigenvalue weighted by Crippen LogP contribution is 2.47. The molecule has 1 aliphatic heterocycles. The molecule has 1 heterocycles. The van der Waals surface area contributed by atoms with Crippen LogP contribution in [0.4, 0.5) is 0 Å². The molecule has 0 aromatic rings. The van der Waals surface area contributed by atoms with Crippen molar-refractivity contribution in [1.82, 2.24) is 21.9 Å². The zero-order valence-electron chi connectivity index (χ0n) is 16.9. The maximum absolute atomic E-state index is 11.7. The fraction of sp³-hybridized carbons (Fsp3) is 0.778. The summed E-state index contributed by atoms with van der Waals surface area (Å²) in [6.45, 7) is 0.592. The van der Waals surface area contributed by atoms with Crippen molar-refractivity contribution in [1.29, 1.82) is 0 Å². The molecule has 0 unspecified atom stereocenters. The van der Waals surface area contributed by atoms with Crippen LogP contribution in [0.25, 0.3) is 0 Å². The molecule has 172 valence electrons. The molecule has 0 amide bonds. The summed E-state index contributed by atoms with van der Waals surface area (Å²) in [5.41, 5.74) is 7.04. The Kier molecular flexibility index (Phi) is 10.7. The zero-order chi connectivity index (χ0) is 22.6. The first-order chi connectivity index (χ1) is 14.1. The predicted molar refractivity (Wildman–Crippen MR) is 104 cm³/mol. The number of carboxylic acid groups (broad SMARTS) is 4. The van der Waals surface area contributed by atoms with Gasteiger partial charge in [0.15, 0.2) is 0 Å². The molecule has 0 saturated carbocycles. The van der Waals surface area contributed by atoms with Gasteiger partial charge in [0.2, 0.25) is 0 Å². The Morgan fingerprint density at radius 3 is 1.60 bits per heavy atom. The van der Waals surface area contributed by atoms with Crippen molar-refractivity contribution in [2.45, 2.75) is 76.2 Å². The molecule has 12 heteroatoms. The molecule has 0 spiro atoms. The van der Waals surface area contributed by atoms with Gasteiger partial charge in [-0.2, -0.15) is 11.1 Å². The molecule has 1 rings (SSSR count). The molecule has 1 saturated heterocycles. The van der Waals surface area contributed by atoms with Crippen LogP contribution in [0.5, 0.6) is 0 Å². The smallest absolute Gasteiger partial charge is 0.305 e. The van der Waals surface area contributed by atoms with E-state index in [9.17, 15) is 39.6 Å². The summed E-state index contributed by atoms with van der Waals surface area (Å²) in [4.78, 5) is 46.8.